The third kappa shape index (κ3) is 10.8. The topological polar surface area (TPSA) is 100 Å². The summed E-state index contributed by atoms with van der Waals surface area (Å²) in [5.74, 6) is -0.779. The Bertz CT molecular complexity index is 774. The van der Waals surface area contributed by atoms with Crippen LogP contribution in [0.4, 0.5) is 4.79 Å². The van der Waals surface area contributed by atoms with Gasteiger partial charge in [0, 0.05) is 11.2 Å². The summed E-state index contributed by atoms with van der Waals surface area (Å²) < 4.78 is 33.0. The first-order valence-corrected chi connectivity index (χ1v) is 11.5. The molecule has 1 N–H and O–H groups in total. The lowest BCUT2D eigenvalue weighted by molar-refractivity contribution is -0.158. The van der Waals surface area contributed by atoms with Gasteiger partial charge in [-0.05, 0) is 53.7 Å². The van der Waals surface area contributed by atoms with Crippen molar-refractivity contribution in [2.24, 2.45) is 0 Å². The number of benzene rings is 1. The smallest absolute Gasteiger partial charge is 0.458 e. The maximum absolute atomic E-state index is 12.4. The van der Waals surface area contributed by atoms with E-state index in [0.717, 1.165) is 0 Å². The molecule has 0 radical (unpaired) electrons. The van der Waals surface area contributed by atoms with Crippen LogP contribution in [0.1, 0.15) is 41.5 Å². The van der Waals surface area contributed by atoms with Gasteiger partial charge in [0.05, 0.1) is 11.6 Å². The van der Waals surface area contributed by atoms with E-state index in [2.05, 4.69) is 5.32 Å². The number of alkyl carbamates (subject to hydrolysis) is 1. The Morgan fingerprint density at radius 2 is 1.62 bits per heavy atom. The van der Waals surface area contributed by atoms with Crippen LogP contribution in [0.15, 0.2) is 24.3 Å². The molecule has 0 aliphatic rings. The summed E-state index contributed by atoms with van der Waals surface area (Å²) in [5, 5.41) is 2.50. The summed E-state index contributed by atoms with van der Waals surface area (Å²) in [7, 11) is 0. The fourth-order valence-electron chi connectivity index (χ4n) is 1.82. The predicted octanol–water partition coefficient (Wildman–Crippen LogP) is 5.32. The lowest BCUT2D eigenvalue weighted by Gasteiger charge is -2.26. The highest BCUT2D eigenvalue weighted by molar-refractivity contribution is 7.81. The van der Waals surface area contributed by atoms with Crippen molar-refractivity contribution in [2.75, 3.05) is 6.61 Å². The van der Waals surface area contributed by atoms with Gasteiger partial charge in [0.2, 0.25) is 0 Å². The Morgan fingerprint density at radius 3 is 2.14 bits per heavy atom. The SMILES string of the molecule is CC(C)(C)OC(=O)N[C@@H](COP(=O)(Cl)Oc1ccccc1Cl)C(=O)OC(C)(C)C. The number of amides is 1. The summed E-state index contributed by atoms with van der Waals surface area (Å²) in [6, 6.07) is 4.88. The van der Waals surface area contributed by atoms with Crippen LogP contribution in [0.5, 0.6) is 5.75 Å². The molecule has 0 aliphatic carbocycles. The van der Waals surface area contributed by atoms with E-state index < -0.39 is 42.9 Å². The molecule has 0 fully saturated rings. The minimum absolute atomic E-state index is 0.0430. The van der Waals surface area contributed by atoms with Crippen molar-refractivity contribution in [3.8, 4) is 5.75 Å². The average molecular weight is 470 g/mol. The molecule has 0 heterocycles. The molecule has 11 heteroatoms. The second-order valence-corrected chi connectivity index (χ2v) is 10.9. The van der Waals surface area contributed by atoms with E-state index in [9.17, 15) is 14.2 Å². The first kappa shape index (κ1) is 25.6. The molecule has 164 valence electrons. The molecule has 0 aromatic heterocycles. The van der Waals surface area contributed by atoms with Gasteiger partial charge in [-0.25, -0.2) is 14.2 Å². The molecule has 0 saturated heterocycles. The normalized spacial score (nSPS) is 15.0. The maximum Gasteiger partial charge on any atom is 0.476 e. The van der Waals surface area contributed by atoms with Gasteiger partial charge >= 0.3 is 19.0 Å². The molecule has 1 amide bonds. The van der Waals surface area contributed by atoms with E-state index >= 15 is 0 Å². The van der Waals surface area contributed by atoms with Crippen molar-refractivity contribution < 1.29 is 32.7 Å². The fraction of sp³-hybridized carbons (Fsp3) is 0.556. The van der Waals surface area contributed by atoms with E-state index in [-0.39, 0.29) is 10.8 Å². The average Bonchev–Trinajstić information content (AvgIpc) is 2.50. The zero-order chi connectivity index (χ0) is 22.5. The Labute approximate surface area is 180 Å². The molecule has 1 unspecified atom stereocenters. The van der Waals surface area contributed by atoms with E-state index in [1.54, 1.807) is 53.7 Å². The van der Waals surface area contributed by atoms with E-state index in [0.29, 0.717) is 0 Å². The second kappa shape index (κ2) is 10.0. The molecule has 1 aromatic carbocycles. The number of nitrogens with one attached hydrogen (secondary N) is 1. The van der Waals surface area contributed by atoms with Gasteiger partial charge in [0.1, 0.15) is 17.0 Å². The highest BCUT2D eigenvalue weighted by Crippen LogP contribution is 2.54. The summed E-state index contributed by atoms with van der Waals surface area (Å²) >= 11 is 11.8. The number of rotatable bonds is 7. The van der Waals surface area contributed by atoms with Crippen LogP contribution in [-0.4, -0.2) is 35.9 Å². The molecular weight excluding hydrogens is 444 g/mol. The molecule has 0 bridgehead atoms. The first-order valence-electron chi connectivity index (χ1n) is 8.69. The molecule has 29 heavy (non-hydrogen) atoms. The number of para-hydroxylation sites is 1. The van der Waals surface area contributed by atoms with Crippen LogP contribution in [0.2, 0.25) is 5.02 Å². The molecule has 1 aromatic rings. The zero-order valence-corrected chi connectivity index (χ0v) is 19.6. The van der Waals surface area contributed by atoms with Crippen LogP contribution < -0.4 is 9.84 Å². The predicted molar refractivity (Wildman–Crippen MR) is 110 cm³/mol. The highest BCUT2D eigenvalue weighted by atomic mass is 35.7. The monoisotopic (exact) mass is 469 g/mol. The number of esters is 1. The fourth-order valence-corrected chi connectivity index (χ4v) is 3.21. The third-order valence-corrected chi connectivity index (χ3v) is 4.51. The van der Waals surface area contributed by atoms with Gasteiger partial charge in [-0.15, -0.1) is 0 Å². The van der Waals surface area contributed by atoms with E-state index in [4.69, 9.17) is 41.4 Å². The second-order valence-electron chi connectivity index (χ2n) is 7.98. The van der Waals surface area contributed by atoms with Crippen LogP contribution >= 0.6 is 29.8 Å². The first-order chi connectivity index (χ1) is 13.1. The summed E-state index contributed by atoms with van der Waals surface area (Å²) in [4.78, 5) is 24.5. The molecule has 8 nitrogen and oxygen atoms in total. The summed E-state index contributed by atoms with van der Waals surface area (Å²) in [6.45, 7) is 5.19. The molecule has 0 spiro atoms. The van der Waals surface area contributed by atoms with Crippen molar-refractivity contribution >= 4 is 41.9 Å². The molecular formula is C18H26Cl2NO7P. The Balaban J connectivity index is 2.87. The number of hydrogen-bond donors (Lipinski definition) is 1. The van der Waals surface area contributed by atoms with Crippen LogP contribution in [0.25, 0.3) is 0 Å². The number of carbonyl (C=O) groups is 2. The zero-order valence-electron chi connectivity index (χ0n) is 17.2. The number of carbonyl (C=O) groups excluding carboxylic acids is 2. The minimum atomic E-state index is -4.18. The Hall–Kier alpha value is -1.47. The van der Waals surface area contributed by atoms with Crippen molar-refractivity contribution in [1.82, 2.24) is 5.32 Å². The molecule has 0 saturated carbocycles. The largest absolute Gasteiger partial charge is 0.476 e. The van der Waals surface area contributed by atoms with E-state index in [1.165, 1.54) is 12.1 Å². The van der Waals surface area contributed by atoms with Crippen LogP contribution in [-0.2, 0) is 23.4 Å². The minimum Gasteiger partial charge on any atom is -0.458 e. The number of ether oxygens (including phenoxy) is 2. The Morgan fingerprint density at radius 1 is 1.07 bits per heavy atom. The highest BCUT2D eigenvalue weighted by Gasteiger charge is 2.33. The number of hydrogen-bond acceptors (Lipinski definition) is 7. The van der Waals surface area contributed by atoms with Gasteiger partial charge in [0.25, 0.3) is 0 Å². The van der Waals surface area contributed by atoms with Crippen molar-refractivity contribution in [3.05, 3.63) is 29.3 Å². The summed E-state index contributed by atoms with van der Waals surface area (Å²) in [5.41, 5.74) is -1.62. The van der Waals surface area contributed by atoms with Crippen molar-refractivity contribution in [2.45, 2.75) is 58.8 Å². The standard InChI is InChI=1S/C18H26Cl2NO7P/c1-17(2,3)26-15(22)13(21-16(23)27-18(4,5)6)11-25-29(20,24)28-14-10-8-7-9-12(14)19/h7-10,13H,11H2,1-6H3,(H,21,23)/t13-,29?/m0/s1. The lowest BCUT2D eigenvalue weighted by atomic mass is 10.2. The van der Waals surface area contributed by atoms with Gasteiger partial charge in [-0.3, -0.25) is 4.52 Å². The Kier molecular flexibility index (Phi) is 8.84. The maximum atomic E-state index is 12.4. The lowest BCUT2D eigenvalue weighted by Crippen LogP contribution is -2.48. The van der Waals surface area contributed by atoms with Gasteiger partial charge < -0.3 is 19.3 Å². The van der Waals surface area contributed by atoms with Crippen molar-refractivity contribution in [1.29, 1.82) is 0 Å². The van der Waals surface area contributed by atoms with Crippen LogP contribution in [0, 0.1) is 0 Å². The quantitative estimate of drug-likeness (QED) is 0.425. The summed E-state index contributed by atoms with van der Waals surface area (Å²) in [6.07, 6.45) is -0.881. The third-order valence-electron chi connectivity index (χ3n) is 2.82. The van der Waals surface area contributed by atoms with Crippen LogP contribution in [0.3, 0.4) is 0 Å². The van der Waals surface area contributed by atoms with Crippen molar-refractivity contribution in [3.63, 3.8) is 0 Å². The van der Waals surface area contributed by atoms with Gasteiger partial charge in [-0.2, -0.15) is 0 Å². The number of halogens is 2. The molecule has 0 aliphatic heterocycles. The molecule has 2 atom stereocenters. The van der Waals surface area contributed by atoms with Gasteiger partial charge in [-0.1, -0.05) is 23.7 Å². The molecule has 1 rings (SSSR count). The van der Waals surface area contributed by atoms with E-state index in [1.807, 2.05) is 0 Å². The van der Waals surface area contributed by atoms with Gasteiger partial charge in [0.15, 0.2) is 6.04 Å².